The minimum absolute atomic E-state index is 0.0345. The lowest BCUT2D eigenvalue weighted by molar-refractivity contribution is -0.346. The lowest BCUT2D eigenvalue weighted by Gasteiger charge is -2.67. The molecule has 1 aliphatic heterocycles. The van der Waals surface area contributed by atoms with Crippen LogP contribution in [0.5, 0.6) is 0 Å². The van der Waals surface area contributed by atoms with Crippen LogP contribution >= 0.6 is 0 Å². The van der Waals surface area contributed by atoms with Crippen LogP contribution in [0.2, 0.25) is 0 Å². The number of benzene rings is 1. The Bertz CT molecular complexity index is 2090. The number of ether oxygens (including phenoxy) is 6. The van der Waals surface area contributed by atoms with E-state index >= 15 is 4.79 Å². The number of carbonyl (C=O) groups is 6. The molecule has 1 aromatic carbocycles. The molecule has 1 heterocycles. The first-order chi connectivity index (χ1) is 29.2. The first kappa shape index (κ1) is 49.0. The Morgan fingerprint density at radius 2 is 1.76 bits per heavy atom. The first-order valence-electron chi connectivity index (χ1n) is 21.1. The number of ketones is 1. The fourth-order valence-corrected chi connectivity index (χ4v) is 9.85. The van der Waals surface area contributed by atoms with Gasteiger partial charge in [-0.05, 0) is 75.8 Å². The molecule has 5 rings (SSSR count). The molecule has 11 atom stereocenters. The van der Waals surface area contributed by atoms with E-state index in [1.165, 1.54) is 58.9 Å². The van der Waals surface area contributed by atoms with Crippen molar-refractivity contribution in [2.45, 2.75) is 161 Å². The molecule has 1 unspecified atom stereocenters. The van der Waals surface area contributed by atoms with Gasteiger partial charge in [0.05, 0.1) is 35.6 Å². The third-order valence-corrected chi connectivity index (χ3v) is 13.0. The number of fused-ring (bicyclic) bond motifs is 5. The number of alkyl carbamates (subject to hydrolysis) is 1. The molecule has 63 heavy (non-hydrogen) atoms. The van der Waals surface area contributed by atoms with Gasteiger partial charge in [0.2, 0.25) is 0 Å². The maximum atomic E-state index is 15.6. The van der Waals surface area contributed by atoms with Crippen molar-refractivity contribution >= 4 is 41.4 Å². The van der Waals surface area contributed by atoms with E-state index in [0.717, 1.165) is 6.92 Å². The van der Waals surface area contributed by atoms with Gasteiger partial charge in [-0.1, -0.05) is 51.9 Å². The number of aliphatic hydroxyl groups excluding tert-OH is 2. The second-order valence-electron chi connectivity index (χ2n) is 19.1. The molecule has 2 bridgehead atoms. The third kappa shape index (κ3) is 9.03. The number of hydrogen-bond acceptors (Lipinski definition) is 16. The molecule has 19 nitrogen and oxygen atoms in total. The van der Waals surface area contributed by atoms with E-state index in [9.17, 15) is 39.3 Å². The zero-order chi connectivity index (χ0) is 47.2. The zero-order valence-electron chi connectivity index (χ0n) is 37.6. The highest BCUT2D eigenvalue weighted by Crippen LogP contribution is 2.64. The molecular weight excluding hydrogens is 824 g/mol. The number of Topliss-reactive ketones (excluding diaryl/α,β-unsaturated/α-hetero) is 1. The van der Waals surface area contributed by atoms with Gasteiger partial charge in [-0.15, -0.1) is 0 Å². The molecule has 1 saturated heterocycles. The number of amides is 1. The van der Waals surface area contributed by atoms with Gasteiger partial charge in [-0.3, -0.25) is 14.4 Å². The second kappa shape index (κ2) is 17.8. The van der Waals surface area contributed by atoms with E-state index in [2.05, 4.69) is 15.3 Å². The summed E-state index contributed by atoms with van der Waals surface area (Å²) in [6, 6.07) is 4.23. The molecule has 346 valence electrons. The normalized spacial score (nSPS) is 31.8. The summed E-state index contributed by atoms with van der Waals surface area (Å²) in [5, 5.41) is 43.5. The number of esters is 4. The Morgan fingerprint density at radius 1 is 1.10 bits per heavy atom. The molecule has 19 heteroatoms. The fraction of sp³-hybridized carbons (Fsp3) is 0.682. The average Bonchev–Trinajstić information content (AvgIpc) is 3.17. The van der Waals surface area contributed by atoms with Crippen molar-refractivity contribution in [3.8, 4) is 0 Å². The van der Waals surface area contributed by atoms with Crippen LogP contribution in [-0.2, 0) is 47.6 Å². The van der Waals surface area contributed by atoms with Crippen molar-refractivity contribution in [3.05, 3.63) is 51.4 Å². The summed E-state index contributed by atoms with van der Waals surface area (Å²) in [5.41, 5.74) is 0.0637. The number of hydrogen-bond donors (Lipinski definition) is 4. The van der Waals surface area contributed by atoms with E-state index in [1.54, 1.807) is 20.8 Å². The number of aliphatic hydroxyl groups is 3. The van der Waals surface area contributed by atoms with Crippen LogP contribution in [0.1, 0.15) is 112 Å². The minimum atomic E-state index is -2.46. The Kier molecular flexibility index (Phi) is 13.9. The van der Waals surface area contributed by atoms with Gasteiger partial charge in [0.25, 0.3) is 0 Å². The highest BCUT2D eigenvalue weighted by atomic mass is 16.6. The van der Waals surface area contributed by atoms with E-state index in [4.69, 9.17) is 34.0 Å². The maximum Gasteiger partial charge on any atom is 0.407 e. The molecule has 1 aromatic rings. The zero-order valence-corrected chi connectivity index (χ0v) is 37.6. The van der Waals surface area contributed by atoms with Gasteiger partial charge >= 0.3 is 30.0 Å². The summed E-state index contributed by atoms with van der Waals surface area (Å²) in [4.78, 5) is 86.2. The van der Waals surface area contributed by atoms with Crippen LogP contribution in [-0.4, -0.2) is 117 Å². The Balaban J connectivity index is 1.75. The molecule has 4 aliphatic rings. The number of nitrogens with one attached hydrogen (secondary N) is 1. The molecular formula is C44H60N4O15. The van der Waals surface area contributed by atoms with Gasteiger partial charge in [-0.25, -0.2) is 14.4 Å². The maximum absolute atomic E-state index is 15.6. The monoisotopic (exact) mass is 884 g/mol. The van der Waals surface area contributed by atoms with Crippen LogP contribution < -0.4 is 5.32 Å². The molecule has 0 aromatic heterocycles. The molecule has 3 fully saturated rings. The first-order valence-corrected chi connectivity index (χ1v) is 21.1. The Labute approximate surface area is 365 Å². The summed E-state index contributed by atoms with van der Waals surface area (Å²) in [6.07, 6.45) is -11.8. The summed E-state index contributed by atoms with van der Waals surface area (Å²) in [6.45, 7) is 16.7. The number of rotatable bonds is 12. The number of azide groups is 1. The topological polar surface area (TPSA) is 279 Å². The largest absolute Gasteiger partial charge is 0.456 e. The lowest BCUT2D eigenvalue weighted by atomic mass is 9.44. The molecule has 0 spiro atoms. The van der Waals surface area contributed by atoms with Gasteiger partial charge in [0.1, 0.15) is 29.5 Å². The van der Waals surface area contributed by atoms with Crippen molar-refractivity contribution in [1.29, 1.82) is 0 Å². The van der Waals surface area contributed by atoms with Crippen LogP contribution in [0.25, 0.3) is 10.4 Å². The smallest absolute Gasteiger partial charge is 0.407 e. The van der Waals surface area contributed by atoms with Crippen LogP contribution in [0, 0.1) is 22.7 Å². The van der Waals surface area contributed by atoms with Crippen molar-refractivity contribution in [3.63, 3.8) is 0 Å². The number of carbonyl (C=O) groups excluding carboxylic acids is 6. The van der Waals surface area contributed by atoms with Crippen LogP contribution in [0.3, 0.4) is 0 Å². The van der Waals surface area contributed by atoms with Crippen LogP contribution in [0.15, 0.2) is 40.5 Å². The molecule has 0 radical (unpaired) electrons. The quantitative estimate of drug-likeness (QED) is 0.0546. The van der Waals surface area contributed by atoms with E-state index in [1.807, 2.05) is 13.8 Å². The van der Waals surface area contributed by atoms with Gasteiger partial charge in [0, 0.05) is 42.2 Å². The minimum Gasteiger partial charge on any atom is -0.456 e. The molecule has 3 aliphatic carbocycles. The standard InChI is InChI=1S/C44H60N4O15/c1-12-30(51)60-33-31-22(4)27(59-38(55)32(52)26(16-21(2)3)46-39(56)63-40(6,7)8)19-44(57,41(31,9)10)36(61-37(54)24-14-13-15-25(17-24)47-48-45)34-42(11,35(33)53)28(50)18-29-43(34,20-58-29)62-23(5)49/h13-15,17,21,26-29,32-34,36,50,52,57H,12,16,18-20H2,1-11H3,(H,46,56)/t26-,27-,28-,29+,32+,33+,34?,36-,42+,43-,44+/m0/s1. The van der Waals surface area contributed by atoms with E-state index in [-0.39, 0.29) is 54.2 Å². The second-order valence-corrected chi connectivity index (χ2v) is 19.1. The fourth-order valence-electron chi connectivity index (χ4n) is 9.85. The molecule has 2 saturated carbocycles. The molecule has 1 amide bonds. The van der Waals surface area contributed by atoms with Gasteiger partial charge < -0.3 is 49.1 Å². The lowest BCUT2D eigenvalue weighted by Crippen LogP contribution is -2.82. The van der Waals surface area contributed by atoms with Crippen LogP contribution in [0.4, 0.5) is 10.5 Å². The van der Waals surface area contributed by atoms with Gasteiger partial charge in [0.15, 0.2) is 23.6 Å². The number of nitrogens with zero attached hydrogens (tertiary/aromatic N) is 3. The molecule has 4 N–H and O–H groups in total. The summed E-state index contributed by atoms with van der Waals surface area (Å²) >= 11 is 0. The summed E-state index contributed by atoms with van der Waals surface area (Å²) in [7, 11) is 0. The van der Waals surface area contributed by atoms with Crippen molar-refractivity contribution in [1.82, 2.24) is 5.32 Å². The van der Waals surface area contributed by atoms with Gasteiger partial charge in [-0.2, -0.15) is 0 Å². The van der Waals surface area contributed by atoms with Crippen molar-refractivity contribution in [2.24, 2.45) is 27.8 Å². The van der Waals surface area contributed by atoms with Crippen molar-refractivity contribution in [2.75, 3.05) is 6.61 Å². The van der Waals surface area contributed by atoms with Crippen molar-refractivity contribution < 1.29 is 72.5 Å². The summed E-state index contributed by atoms with van der Waals surface area (Å²) in [5.74, 6) is -6.64. The highest BCUT2D eigenvalue weighted by molar-refractivity contribution is 5.96. The van der Waals surface area contributed by atoms with E-state index < -0.39 is 118 Å². The summed E-state index contributed by atoms with van der Waals surface area (Å²) < 4.78 is 35.7. The third-order valence-electron chi connectivity index (χ3n) is 13.0. The predicted molar refractivity (Wildman–Crippen MR) is 221 cm³/mol. The predicted octanol–water partition coefficient (Wildman–Crippen LogP) is 4.84. The Hall–Kier alpha value is -5.07. The van der Waals surface area contributed by atoms with E-state index in [0.29, 0.717) is 0 Å². The highest BCUT2D eigenvalue weighted by Gasteiger charge is 2.78. The Morgan fingerprint density at radius 3 is 2.32 bits per heavy atom. The average molecular weight is 885 g/mol. The SMILES string of the molecule is CCC(=O)O[C@H]1C(=O)[C@@]2(C)C([C@H](OC(=O)c3cccc(N=[N+]=[N-])c3)[C@]3(O)C[C@H](OC(=O)[C@H](O)[C@H](CC(C)C)NC(=O)OC(C)(C)C)C(C)=C1C3(C)C)[C@]1(OC(C)=O)CO[C@@H]1C[C@@H]2O.